The third-order valence-corrected chi connectivity index (χ3v) is 5.79. The van der Waals surface area contributed by atoms with E-state index in [1.165, 1.54) is 0 Å². The molecule has 14 heavy (non-hydrogen) atoms. The first-order valence-corrected chi connectivity index (χ1v) is 7.50. The Hall–Kier alpha value is -1.02. The van der Waals surface area contributed by atoms with E-state index in [-0.39, 0.29) is 7.43 Å². The van der Waals surface area contributed by atoms with Gasteiger partial charge < -0.3 is 0 Å². The van der Waals surface area contributed by atoms with Crippen LogP contribution in [0.3, 0.4) is 0 Å². The van der Waals surface area contributed by atoms with Crippen molar-refractivity contribution in [1.82, 2.24) is 0 Å². The van der Waals surface area contributed by atoms with Gasteiger partial charge in [0.2, 0.25) is 0 Å². The average Bonchev–Trinajstić information content (AvgIpc) is 2.21. The van der Waals surface area contributed by atoms with E-state index in [9.17, 15) is 0 Å². The molecule has 0 saturated heterocycles. The Kier molecular flexibility index (Phi) is 4.47. The Labute approximate surface area is 92.5 Å². The molecule has 0 saturated carbocycles. The van der Waals surface area contributed by atoms with Crippen molar-refractivity contribution in [3.8, 4) is 0 Å². The van der Waals surface area contributed by atoms with E-state index in [0.717, 1.165) is 0 Å². The zero-order valence-corrected chi connectivity index (χ0v) is 11.4. The Bertz CT molecular complexity index is 316. The van der Waals surface area contributed by atoms with Crippen molar-refractivity contribution in [2.45, 2.75) is 0 Å². The summed E-state index contributed by atoms with van der Waals surface area (Å²) < 4.78 is 3.11. The van der Waals surface area contributed by atoms with Crippen LogP contribution in [-0.2, 0) is 0 Å². The first-order chi connectivity index (χ1) is 6.45. The van der Waals surface area contributed by atoms with Gasteiger partial charge in [-0.25, -0.2) is 0 Å². The van der Waals surface area contributed by atoms with Crippen molar-refractivity contribution >= 4 is 24.2 Å². The molecule has 2 aromatic rings. The van der Waals surface area contributed by atoms with Crippen LogP contribution in [0.5, 0.6) is 0 Å². The molecular formula is C13H15Ge. The monoisotopic (exact) mass is 245 g/mol. The van der Waals surface area contributed by atoms with Crippen LogP contribution in [0.4, 0.5) is 0 Å². The molecule has 0 N–H and O–H groups in total. The Morgan fingerprint density at radius 1 is 0.571 bits per heavy atom. The minimum absolute atomic E-state index is 0. The summed E-state index contributed by atoms with van der Waals surface area (Å²) >= 11 is -0.676. The second-order valence-electron chi connectivity index (χ2n) is 3.15. The van der Waals surface area contributed by atoms with E-state index in [0.29, 0.717) is 0 Å². The van der Waals surface area contributed by atoms with Gasteiger partial charge in [0.15, 0.2) is 0 Å². The van der Waals surface area contributed by atoms with Gasteiger partial charge in [-0.1, -0.05) is 7.43 Å². The van der Waals surface area contributed by atoms with Crippen molar-refractivity contribution in [3.63, 3.8) is 0 Å². The fourth-order valence-corrected chi connectivity index (χ4v) is 4.55. The van der Waals surface area contributed by atoms with Crippen LogP contribution in [0.25, 0.3) is 0 Å². The molecule has 0 aliphatic rings. The molecule has 0 bridgehead atoms. The van der Waals surface area contributed by atoms with Gasteiger partial charge in [0.1, 0.15) is 0 Å². The Balaban J connectivity index is 0.000000980. The summed E-state index contributed by atoms with van der Waals surface area (Å²) in [5, 5.41) is 0. The van der Waals surface area contributed by atoms with Crippen molar-refractivity contribution in [3.05, 3.63) is 68.1 Å². The number of benzene rings is 2. The van der Waals surface area contributed by atoms with Crippen LogP contribution in [0.15, 0.2) is 60.7 Å². The maximum absolute atomic E-state index is 2.24. The second kappa shape index (κ2) is 5.66. The molecule has 0 fully saturated rings. The molecule has 0 atom stereocenters. The molecule has 0 spiro atoms. The summed E-state index contributed by atoms with van der Waals surface area (Å²) in [5.74, 6) is 0. The van der Waals surface area contributed by atoms with Crippen LogP contribution < -0.4 is 8.79 Å². The van der Waals surface area contributed by atoms with Gasteiger partial charge in [-0.2, -0.15) is 0 Å². The zero-order valence-electron chi connectivity index (χ0n) is 8.48. The predicted molar refractivity (Wildman–Crippen MR) is 67.1 cm³/mol. The van der Waals surface area contributed by atoms with E-state index < -0.39 is 15.4 Å². The molecule has 0 aliphatic carbocycles. The second-order valence-corrected chi connectivity index (χ2v) is 7.32. The standard InChI is InChI=1S/C12H12Ge.CH3/c1-3-7-11(8-4-1)13-12-9-5-2-6-10-12;/h1-10H,13H2;1H3. The van der Waals surface area contributed by atoms with Crippen LogP contribution in [0, 0.1) is 7.43 Å². The SMILES string of the molecule is [CH3].c1cc[c]([GeH2][c]2ccccc2)cc1. The van der Waals surface area contributed by atoms with Crippen LogP contribution in [-0.4, -0.2) is 15.4 Å². The average molecular weight is 244 g/mol. The van der Waals surface area contributed by atoms with Gasteiger partial charge in [0, 0.05) is 0 Å². The van der Waals surface area contributed by atoms with Crippen LogP contribution in [0.1, 0.15) is 0 Å². The summed E-state index contributed by atoms with van der Waals surface area (Å²) in [6.45, 7) is 0. The summed E-state index contributed by atoms with van der Waals surface area (Å²) in [4.78, 5) is 0. The van der Waals surface area contributed by atoms with E-state index >= 15 is 0 Å². The van der Waals surface area contributed by atoms with E-state index in [2.05, 4.69) is 60.7 Å². The molecule has 71 valence electrons. The number of hydrogen-bond acceptors (Lipinski definition) is 0. The summed E-state index contributed by atoms with van der Waals surface area (Å²) in [7, 11) is 0. The fourth-order valence-electron chi connectivity index (χ4n) is 1.43. The molecule has 2 aromatic carbocycles. The van der Waals surface area contributed by atoms with E-state index in [1.54, 1.807) is 8.79 Å². The molecule has 2 rings (SSSR count). The first-order valence-electron chi connectivity index (χ1n) is 4.53. The number of hydrogen-bond donors (Lipinski definition) is 0. The van der Waals surface area contributed by atoms with Gasteiger partial charge in [0.05, 0.1) is 0 Å². The van der Waals surface area contributed by atoms with Crippen LogP contribution >= 0.6 is 0 Å². The normalized spacial score (nSPS) is 9.14. The molecule has 1 radical (unpaired) electrons. The van der Waals surface area contributed by atoms with Crippen molar-refractivity contribution < 1.29 is 0 Å². The fraction of sp³-hybridized carbons (Fsp3) is 0. The van der Waals surface area contributed by atoms with Crippen molar-refractivity contribution in [2.24, 2.45) is 0 Å². The molecule has 0 aromatic heterocycles. The molecule has 1 heteroatoms. The van der Waals surface area contributed by atoms with Gasteiger partial charge in [-0.3, -0.25) is 0 Å². The van der Waals surface area contributed by atoms with Gasteiger partial charge >= 0.3 is 84.9 Å². The summed E-state index contributed by atoms with van der Waals surface area (Å²) in [5.41, 5.74) is 0. The summed E-state index contributed by atoms with van der Waals surface area (Å²) in [6.07, 6.45) is 0. The molecule has 0 aliphatic heterocycles. The molecule has 0 heterocycles. The van der Waals surface area contributed by atoms with Crippen molar-refractivity contribution in [2.75, 3.05) is 0 Å². The maximum atomic E-state index is 2.24. The number of rotatable bonds is 2. The van der Waals surface area contributed by atoms with Crippen molar-refractivity contribution in [1.29, 1.82) is 0 Å². The Morgan fingerprint density at radius 3 is 1.29 bits per heavy atom. The molecular weight excluding hydrogens is 229 g/mol. The van der Waals surface area contributed by atoms with E-state index in [4.69, 9.17) is 0 Å². The topological polar surface area (TPSA) is 0 Å². The molecule has 0 unspecified atom stereocenters. The molecule has 0 amide bonds. The third-order valence-electron chi connectivity index (χ3n) is 2.09. The first kappa shape index (κ1) is 11.1. The van der Waals surface area contributed by atoms with Crippen LogP contribution in [0.2, 0.25) is 0 Å². The predicted octanol–water partition coefficient (Wildman–Crippen LogP) is 1.26. The van der Waals surface area contributed by atoms with E-state index in [1.807, 2.05) is 0 Å². The summed E-state index contributed by atoms with van der Waals surface area (Å²) in [6, 6.07) is 21.6. The zero-order chi connectivity index (χ0) is 8.93. The van der Waals surface area contributed by atoms with Gasteiger partial charge in [-0.15, -0.1) is 0 Å². The minimum atomic E-state index is -0.676. The quantitative estimate of drug-likeness (QED) is 0.697. The molecule has 0 nitrogen and oxygen atoms in total. The van der Waals surface area contributed by atoms with Gasteiger partial charge in [-0.05, 0) is 0 Å². The Morgan fingerprint density at radius 2 is 0.929 bits per heavy atom. The third kappa shape index (κ3) is 3.04. The van der Waals surface area contributed by atoms with Gasteiger partial charge in [0.25, 0.3) is 0 Å².